The number of carbonyl (C=O) groups excluding carboxylic acids is 2. The predicted molar refractivity (Wildman–Crippen MR) is 106 cm³/mol. The van der Waals surface area contributed by atoms with Gasteiger partial charge in [-0.25, -0.2) is 9.37 Å². The van der Waals surface area contributed by atoms with E-state index in [1.54, 1.807) is 0 Å². The first-order valence-electron chi connectivity index (χ1n) is 9.66. The molecule has 2 heterocycles. The topological polar surface area (TPSA) is 104 Å². The Kier molecular flexibility index (Phi) is 6.33. The highest BCUT2D eigenvalue weighted by Gasteiger charge is 2.65. The maximum atomic E-state index is 14.3. The van der Waals surface area contributed by atoms with Crippen molar-refractivity contribution in [2.45, 2.75) is 37.6 Å². The molecule has 1 fully saturated rings. The number of nitrogens with zero attached hydrogens (tertiary/aromatic N) is 1. The number of methoxy groups -OCH3 is 1. The van der Waals surface area contributed by atoms with Crippen molar-refractivity contribution < 1.29 is 41.0 Å². The number of amides is 2. The summed E-state index contributed by atoms with van der Waals surface area (Å²) in [6, 6.07) is 5.71. The average molecular weight is 473 g/mol. The molecule has 1 aromatic carbocycles. The second-order valence-corrected chi connectivity index (χ2v) is 7.70. The lowest BCUT2D eigenvalue weighted by atomic mass is 9.77. The van der Waals surface area contributed by atoms with Gasteiger partial charge in [-0.3, -0.25) is 9.59 Å². The molecule has 3 rings (SSSR count). The zero-order chi connectivity index (χ0) is 24.7. The van der Waals surface area contributed by atoms with Crippen molar-refractivity contribution in [2.75, 3.05) is 12.4 Å². The summed E-state index contributed by atoms with van der Waals surface area (Å²) >= 11 is 0. The number of hydrogen-bond acceptors (Lipinski definition) is 5. The Morgan fingerprint density at radius 2 is 1.88 bits per heavy atom. The third kappa shape index (κ3) is 4.22. The maximum absolute atomic E-state index is 14.3. The van der Waals surface area contributed by atoms with Crippen molar-refractivity contribution in [3.05, 3.63) is 53.2 Å². The number of hydrogen-bond donors (Lipinski definition) is 2. The van der Waals surface area contributed by atoms with E-state index in [9.17, 15) is 31.5 Å². The molecule has 2 aromatic rings. The summed E-state index contributed by atoms with van der Waals surface area (Å²) in [4.78, 5) is 28.2. The molecule has 33 heavy (non-hydrogen) atoms. The van der Waals surface area contributed by atoms with Crippen molar-refractivity contribution in [1.29, 1.82) is 0 Å². The van der Waals surface area contributed by atoms with E-state index in [0.29, 0.717) is 0 Å². The zero-order valence-electron chi connectivity index (χ0n) is 17.7. The van der Waals surface area contributed by atoms with Crippen LogP contribution in [-0.4, -0.2) is 41.8 Å². The fraction of sp³-hybridized carbons (Fsp3) is 0.381. The number of halogens is 5. The molecule has 0 saturated carbocycles. The number of rotatable bonds is 5. The number of alkyl halides is 3. The number of primary amides is 1. The number of benzene rings is 1. The summed E-state index contributed by atoms with van der Waals surface area (Å²) in [5.74, 6) is -8.17. The van der Waals surface area contributed by atoms with Gasteiger partial charge in [-0.1, -0.05) is 19.1 Å². The van der Waals surface area contributed by atoms with E-state index in [0.717, 1.165) is 26.2 Å². The van der Waals surface area contributed by atoms with Crippen LogP contribution in [0.3, 0.4) is 0 Å². The first kappa shape index (κ1) is 24.4. The molecule has 1 aliphatic rings. The molecule has 0 unspecified atom stereocenters. The number of carbonyl (C=O) groups is 2. The number of nitrogens with one attached hydrogen (secondary N) is 1. The highest BCUT2D eigenvalue weighted by Crippen LogP contribution is 2.54. The number of aromatic nitrogens is 1. The van der Waals surface area contributed by atoms with Gasteiger partial charge < -0.3 is 20.5 Å². The molecule has 1 aliphatic heterocycles. The Balaban J connectivity index is 2.07. The molecular weight excluding hydrogens is 453 g/mol. The predicted octanol–water partition coefficient (Wildman–Crippen LogP) is 3.55. The lowest BCUT2D eigenvalue weighted by Crippen LogP contribution is -2.47. The lowest BCUT2D eigenvalue weighted by molar-refractivity contribution is -0.272. The minimum absolute atomic E-state index is 0.163. The van der Waals surface area contributed by atoms with Crippen LogP contribution < -0.4 is 15.8 Å². The van der Waals surface area contributed by atoms with Crippen LogP contribution in [0.2, 0.25) is 0 Å². The summed E-state index contributed by atoms with van der Waals surface area (Å²) in [6.07, 6.45) is -6.68. The molecule has 0 spiro atoms. The molecule has 1 saturated heterocycles. The van der Waals surface area contributed by atoms with Gasteiger partial charge >= 0.3 is 6.18 Å². The largest absolute Gasteiger partial charge is 0.493 e. The quantitative estimate of drug-likeness (QED) is 0.647. The van der Waals surface area contributed by atoms with Crippen LogP contribution >= 0.6 is 0 Å². The van der Waals surface area contributed by atoms with Gasteiger partial charge in [0.25, 0.3) is 11.8 Å². The van der Waals surface area contributed by atoms with E-state index >= 15 is 0 Å². The van der Waals surface area contributed by atoms with E-state index in [1.807, 2.05) is 0 Å². The summed E-state index contributed by atoms with van der Waals surface area (Å²) in [7, 11) is 1.03. The van der Waals surface area contributed by atoms with Crippen molar-refractivity contribution in [3.8, 4) is 5.75 Å². The molecule has 0 radical (unpaired) electrons. The molecular formula is C21H20F5N3O4. The average Bonchev–Trinajstić information content (AvgIpc) is 3.02. The molecule has 12 heteroatoms. The fourth-order valence-corrected chi connectivity index (χ4v) is 3.88. The molecule has 1 aromatic heterocycles. The minimum atomic E-state index is -4.89. The fourth-order valence-electron chi connectivity index (χ4n) is 3.88. The van der Waals surface area contributed by atoms with Crippen LogP contribution in [0, 0.1) is 17.6 Å². The Hall–Kier alpha value is -3.28. The molecule has 4 atom stereocenters. The number of nitrogens with two attached hydrogens (primary N) is 1. The van der Waals surface area contributed by atoms with E-state index in [4.69, 9.17) is 15.2 Å². The Labute approximate surface area is 185 Å². The van der Waals surface area contributed by atoms with Crippen LogP contribution in [0.25, 0.3) is 0 Å². The van der Waals surface area contributed by atoms with Crippen LogP contribution in [-0.2, 0) is 9.53 Å². The second-order valence-electron chi connectivity index (χ2n) is 7.70. The molecule has 0 aliphatic carbocycles. The van der Waals surface area contributed by atoms with Crippen molar-refractivity contribution >= 4 is 17.6 Å². The molecule has 178 valence electrons. The van der Waals surface area contributed by atoms with Gasteiger partial charge in [0.2, 0.25) is 5.82 Å². The minimum Gasteiger partial charge on any atom is -0.493 e. The van der Waals surface area contributed by atoms with Gasteiger partial charge in [0.05, 0.1) is 7.11 Å². The van der Waals surface area contributed by atoms with E-state index < -0.39 is 58.9 Å². The molecule has 3 N–H and O–H groups in total. The summed E-state index contributed by atoms with van der Waals surface area (Å²) < 4.78 is 80.0. The second kappa shape index (κ2) is 8.58. The zero-order valence-corrected chi connectivity index (χ0v) is 17.7. The first-order chi connectivity index (χ1) is 15.3. The number of pyridine rings is 1. The Morgan fingerprint density at radius 3 is 2.45 bits per heavy atom. The van der Waals surface area contributed by atoms with Gasteiger partial charge in [0.15, 0.2) is 17.2 Å². The summed E-state index contributed by atoms with van der Waals surface area (Å²) in [5.41, 5.74) is 2.00. The van der Waals surface area contributed by atoms with E-state index in [1.165, 1.54) is 25.1 Å². The Bertz CT molecular complexity index is 1090. The number of ether oxygens (including phenoxy) is 2. The SMILES string of the molecule is COc1c([C@@H]2[C@@H](C)[C@](C)(C(F)(F)F)O[C@H]2C(=O)Nc2cccc(C(N)=O)n2)ccc(F)c1F. The maximum Gasteiger partial charge on any atom is 0.417 e. The molecule has 0 bridgehead atoms. The van der Waals surface area contributed by atoms with Gasteiger partial charge in [0.1, 0.15) is 17.6 Å². The van der Waals surface area contributed by atoms with Gasteiger partial charge in [-0.15, -0.1) is 0 Å². The van der Waals surface area contributed by atoms with Crippen molar-refractivity contribution in [2.24, 2.45) is 11.7 Å². The smallest absolute Gasteiger partial charge is 0.417 e. The van der Waals surface area contributed by atoms with Crippen LogP contribution in [0.1, 0.15) is 35.8 Å². The van der Waals surface area contributed by atoms with E-state index in [-0.39, 0.29) is 17.1 Å². The van der Waals surface area contributed by atoms with Gasteiger partial charge in [0, 0.05) is 17.4 Å². The van der Waals surface area contributed by atoms with Crippen molar-refractivity contribution in [1.82, 2.24) is 4.98 Å². The van der Waals surface area contributed by atoms with Crippen LogP contribution in [0.4, 0.5) is 27.8 Å². The third-order valence-electron chi connectivity index (χ3n) is 5.82. The lowest BCUT2D eigenvalue weighted by Gasteiger charge is -2.32. The summed E-state index contributed by atoms with van der Waals surface area (Å²) in [6.45, 7) is 1.97. The van der Waals surface area contributed by atoms with Crippen LogP contribution in [0.15, 0.2) is 30.3 Å². The van der Waals surface area contributed by atoms with Gasteiger partial charge in [-0.2, -0.15) is 17.6 Å². The molecule has 2 amide bonds. The van der Waals surface area contributed by atoms with Crippen LogP contribution in [0.5, 0.6) is 5.75 Å². The van der Waals surface area contributed by atoms with Crippen molar-refractivity contribution in [3.63, 3.8) is 0 Å². The standard InChI is InChI=1S/C21H20F5N3O4/c1-9-14(10-7-8-11(22)15(23)16(10)32-3)17(33-20(9,2)21(24,25)26)19(31)29-13-6-4-5-12(28-13)18(27)30/h4-9,14,17H,1-3H3,(H2,27,30)(H,28,29,31)/t9-,14+,17-,20-/m1/s1. The molecule has 7 nitrogen and oxygen atoms in total. The highest BCUT2D eigenvalue weighted by molar-refractivity contribution is 5.96. The van der Waals surface area contributed by atoms with Gasteiger partial charge in [-0.05, 0) is 25.1 Å². The normalized spacial score (nSPS) is 25.0. The third-order valence-corrected chi connectivity index (χ3v) is 5.82. The summed E-state index contributed by atoms with van der Waals surface area (Å²) in [5, 5.41) is 2.29. The Morgan fingerprint density at radius 1 is 1.21 bits per heavy atom. The van der Waals surface area contributed by atoms with E-state index in [2.05, 4.69) is 10.3 Å². The highest BCUT2D eigenvalue weighted by atomic mass is 19.4. The number of anilines is 1. The monoisotopic (exact) mass is 473 g/mol. The first-order valence-corrected chi connectivity index (χ1v) is 9.66.